The van der Waals surface area contributed by atoms with E-state index in [4.69, 9.17) is 5.73 Å². The van der Waals surface area contributed by atoms with Crippen LogP contribution in [-0.4, -0.2) is 0 Å². The SMILES string of the molecule is N#CC1(C(N)c2ccc(Br)cc2)CCC1. The minimum absolute atomic E-state index is 0.149. The molecule has 0 amide bonds. The second kappa shape index (κ2) is 3.96. The first kappa shape index (κ1) is 10.7. The molecule has 2 rings (SSSR count). The van der Waals surface area contributed by atoms with Crippen molar-refractivity contribution in [3.05, 3.63) is 34.3 Å². The molecule has 1 aliphatic carbocycles. The van der Waals surface area contributed by atoms with Crippen molar-refractivity contribution in [2.75, 3.05) is 0 Å². The number of hydrogen-bond donors (Lipinski definition) is 1. The highest BCUT2D eigenvalue weighted by Gasteiger charge is 2.43. The predicted octanol–water partition coefficient (Wildman–Crippen LogP) is 3.14. The van der Waals surface area contributed by atoms with Crippen LogP contribution in [0.2, 0.25) is 0 Å². The van der Waals surface area contributed by atoms with Gasteiger partial charge in [0.1, 0.15) is 0 Å². The fourth-order valence-corrected chi connectivity index (χ4v) is 2.30. The number of hydrogen-bond acceptors (Lipinski definition) is 2. The lowest BCUT2D eigenvalue weighted by Crippen LogP contribution is -2.39. The summed E-state index contributed by atoms with van der Waals surface area (Å²) in [5.41, 5.74) is 6.90. The molecule has 15 heavy (non-hydrogen) atoms. The Morgan fingerprint density at radius 3 is 2.33 bits per heavy atom. The maximum atomic E-state index is 9.18. The largest absolute Gasteiger partial charge is 0.323 e. The maximum absolute atomic E-state index is 9.18. The van der Waals surface area contributed by atoms with Crippen LogP contribution in [0.4, 0.5) is 0 Å². The average Bonchev–Trinajstić information content (AvgIpc) is 2.18. The van der Waals surface area contributed by atoms with Crippen LogP contribution in [0.3, 0.4) is 0 Å². The standard InChI is InChI=1S/C12H13BrN2/c13-10-4-2-9(3-5-10)11(15)12(8-14)6-1-7-12/h2-5,11H,1,6-7,15H2. The smallest absolute Gasteiger partial charge is 0.0766 e. The summed E-state index contributed by atoms with van der Waals surface area (Å²) < 4.78 is 1.04. The summed E-state index contributed by atoms with van der Waals surface area (Å²) in [7, 11) is 0. The summed E-state index contributed by atoms with van der Waals surface area (Å²) in [4.78, 5) is 0. The van der Waals surface area contributed by atoms with Gasteiger partial charge in [0.05, 0.1) is 11.5 Å². The molecule has 1 fully saturated rings. The van der Waals surface area contributed by atoms with Crippen LogP contribution in [0.1, 0.15) is 30.9 Å². The van der Waals surface area contributed by atoms with Crippen LogP contribution in [0.25, 0.3) is 0 Å². The molecule has 0 heterocycles. The Morgan fingerprint density at radius 1 is 1.33 bits per heavy atom. The summed E-state index contributed by atoms with van der Waals surface area (Å²) >= 11 is 3.39. The van der Waals surface area contributed by atoms with Crippen molar-refractivity contribution in [1.29, 1.82) is 5.26 Å². The van der Waals surface area contributed by atoms with Crippen LogP contribution in [-0.2, 0) is 0 Å². The Morgan fingerprint density at radius 2 is 1.93 bits per heavy atom. The third-order valence-electron chi connectivity index (χ3n) is 3.29. The highest BCUT2D eigenvalue weighted by molar-refractivity contribution is 9.10. The summed E-state index contributed by atoms with van der Waals surface area (Å²) in [6.07, 6.45) is 2.99. The van der Waals surface area contributed by atoms with Gasteiger partial charge in [-0.15, -0.1) is 0 Å². The van der Waals surface area contributed by atoms with E-state index in [9.17, 15) is 5.26 Å². The molecular weight excluding hydrogens is 252 g/mol. The van der Waals surface area contributed by atoms with E-state index in [1.807, 2.05) is 24.3 Å². The van der Waals surface area contributed by atoms with Crippen LogP contribution >= 0.6 is 15.9 Å². The van der Waals surface area contributed by atoms with Gasteiger partial charge in [0.2, 0.25) is 0 Å². The van der Waals surface area contributed by atoms with Crippen LogP contribution in [0.5, 0.6) is 0 Å². The number of nitrogens with zero attached hydrogens (tertiary/aromatic N) is 1. The summed E-state index contributed by atoms with van der Waals surface area (Å²) in [6.45, 7) is 0. The third-order valence-corrected chi connectivity index (χ3v) is 3.82. The minimum Gasteiger partial charge on any atom is -0.323 e. The Kier molecular flexibility index (Phi) is 2.81. The first-order chi connectivity index (χ1) is 7.18. The molecule has 3 heteroatoms. The number of nitrogens with two attached hydrogens (primary N) is 1. The molecule has 2 N–H and O–H groups in total. The van der Waals surface area contributed by atoms with Crippen molar-refractivity contribution >= 4 is 15.9 Å². The first-order valence-electron chi connectivity index (χ1n) is 5.10. The van der Waals surface area contributed by atoms with Crippen LogP contribution in [0, 0.1) is 16.7 Å². The highest BCUT2D eigenvalue weighted by atomic mass is 79.9. The van der Waals surface area contributed by atoms with Crippen LogP contribution in [0.15, 0.2) is 28.7 Å². The van der Waals surface area contributed by atoms with Gasteiger partial charge in [-0.1, -0.05) is 34.5 Å². The molecule has 1 aromatic carbocycles. The number of halogens is 1. The molecule has 0 aliphatic heterocycles. The van der Waals surface area contributed by atoms with Gasteiger partial charge in [-0.25, -0.2) is 0 Å². The van der Waals surface area contributed by atoms with Crippen molar-refractivity contribution < 1.29 is 0 Å². The van der Waals surface area contributed by atoms with E-state index < -0.39 is 0 Å². The zero-order chi connectivity index (χ0) is 10.9. The summed E-state index contributed by atoms with van der Waals surface area (Å²) in [5, 5.41) is 9.18. The molecule has 78 valence electrons. The second-order valence-electron chi connectivity index (χ2n) is 4.15. The normalized spacial score (nSPS) is 20.1. The molecule has 0 aromatic heterocycles. The maximum Gasteiger partial charge on any atom is 0.0766 e. The van der Waals surface area contributed by atoms with E-state index in [2.05, 4.69) is 22.0 Å². The quantitative estimate of drug-likeness (QED) is 0.892. The van der Waals surface area contributed by atoms with Gasteiger partial charge in [-0.2, -0.15) is 5.26 Å². The molecule has 1 atom stereocenters. The fourth-order valence-electron chi connectivity index (χ4n) is 2.04. The van der Waals surface area contributed by atoms with E-state index >= 15 is 0 Å². The van der Waals surface area contributed by atoms with Crippen molar-refractivity contribution in [3.8, 4) is 6.07 Å². The van der Waals surface area contributed by atoms with Crippen molar-refractivity contribution in [1.82, 2.24) is 0 Å². The van der Waals surface area contributed by atoms with Crippen LogP contribution < -0.4 is 5.73 Å². The zero-order valence-electron chi connectivity index (χ0n) is 8.41. The average molecular weight is 265 g/mol. The number of rotatable bonds is 2. The molecule has 1 aromatic rings. The van der Waals surface area contributed by atoms with E-state index in [1.165, 1.54) is 0 Å². The molecule has 0 saturated heterocycles. The van der Waals surface area contributed by atoms with E-state index in [0.717, 1.165) is 29.3 Å². The van der Waals surface area contributed by atoms with Gasteiger partial charge in [-0.05, 0) is 30.5 Å². The molecule has 1 saturated carbocycles. The van der Waals surface area contributed by atoms with Gasteiger partial charge in [0, 0.05) is 10.5 Å². The second-order valence-corrected chi connectivity index (χ2v) is 5.07. The molecular formula is C12H13BrN2. The monoisotopic (exact) mass is 264 g/mol. The lowest BCUT2D eigenvalue weighted by molar-refractivity contribution is 0.169. The molecule has 0 spiro atoms. The highest BCUT2D eigenvalue weighted by Crippen LogP contribution is 2.48. The fraction of sp³-hybridized carbons (Fsp3) is 0.417. The molecule has 1 unspecified atom stereocenters. The Balaban J connectivity index is 2.24. The van der Waals surface area contributed by atoms with Crippen molar-refractivity contribution in [2.45, 2.75) is 25.3 Å². The van der Waals surface area contributed by atoms with Crippen molar-refractivity contribution in [2.24, 2.45) is 11.1 Å². The summed E-state index contributed by atoms with van der Waals surface area (Å²) in [5.74, 6) is 0. The minimum atomic E-state index is -0.312. The van der Waals surface area contributed by atoms with Gasteiger partial charge >= 0.3 is 0 Å². The molecule has 2 nitrogen and oxygen atoms in total. The number of nitriles is 1. The van der Waals surface area contributed by atoms with Gasteiger partial charge in [0.15, 0.2) is 0 Å². The van der Waals surface area contributed by atoms with Crippen molar-refractivity contribution in [3.63, 3.8) is 0 Å². The summed E-state index contributed by atoms with van der Waals surface area (Å²) in [6, 6.07) is 10.2. The lowest BCUT2D eigenvalue weighted by atomic mass is 9.64. The Labute approximate surface area is 98.2 Å². The van der Waals surface area contributed by atoms with E-state index in [1.54, 1.807) is 0 Å². The first-order valence-corrected chi connectivity index (χ1v) is 5.89. The predicted molar refractivity (Wildman–Crippen MR) is 63.0 cm³/mol. The van der Waals surface area contributed by atoms with E-state index in [-0.39, 0.29) is 11.5 Å². The van der Waals surface area contributed by atoms with Gasteiger partial charge < -0.3 is 5.73 Å². The topological polar surface area (TPSA) is 49.8 Å². The van der Waals surface area contributed by atoms with Gasteiger partial charge in [0.25, 0.3) is 0 Å². The third kappa shape index (κ3) is 1.80. The number of benzene rings is 1. The zero-order valence-corrected chi connectivity index (χ0v) is 10.00. The Bertz CT molecular complexity index is 387. The lowest BCUT2D eigenvalue weighted by Gasteiger charge is -2.40. The Hall–Kier alpha value is -0.850. The van der Waals surface area contributed by atoms with Gasteiger partial charge in [-0.3, -0.25) is 0 Å². The molecule has 0 radical (unpaired) electrons. The van der Waals surface area contributed by atoms with E-state index in [0.29, 0.717) is 0 Å². The molecule has 0 bridgehead atoms. The molecule has 1 aliphatic rings.